The van der Waals surface area contributed by atoms with Crippen molar-refractivity contribution in [3.05, 3.63) is 58.1 Å². The zero-order valence-electron chi connectivity index (χ0n) is 13.7. The van der Waals surface area contributed by atoms with E-state index in [-0.39, 0.29) is 11.3 Å². The number of benzene rings is 2. The number of nitrogens with one attached hydrogen (secondary N) is 1. The highest BCUT2D eigenvalue weighted by molar-refractivity contribution is 6.33. The topological polar surface area (TPSA) is 81.4 Å². The molecular weight excluding hydrogens is 328 g/mol. The van der Waals surface area contributed by atoms with Crippen LogP contribution in [0.15, 0.2) is 36.4 Å². The van der Waals surface area contributed by atoms with Gasteiger partial charge in [-0.1, -0.05) is 29.3 Å². The first-order valence-corrected chi connectivity index (χ1v) is 7.80. The number of amides is 1. The van der Waals surface area contributed by atoms with Crippen molar-refractivity contribution in [2.24, 2.45) is 0 Å². The van der Waals surface area contributed by atoms with Crippen molar-refractivity contribution >= 4 is 34.9 Å². The quantitative estimate of drug-likeness (QED) is 0.653. The normalized spacial score (nSPS) is 11.7. The number of nitrogen functional groups attached to an aromatic ring is 1. The highest BCUT2D eigenvalue weighted by Gasteiger charge is 2.20. The lowest BCUT2D eigenvalue weighted by molar-refractivity contribution is -0.123. The van der Waals surface area contributed by atoms with E-state index in [0.29, 0.717) is 10.7 Å². The summed E-state index contributed by atoms with van der Waals surface area (Å²) in [5.74, 6) is -1.04. The SMILES string of the molecule is Cc1ccc(NC(=O)C(C)OC(=O)c2ccc(Cl)c(N)c2)c(C)c1. The molecule has 2 rings (SSSR count). The molecule has 0 aliphatic rings. The summed E-state index contributed by atoms with van der Waals surface area (Å²) in [5, 5.41) is 3.11. The average molecular weight is 347 g/mol. The third kappa shape index (κ3) is 4.26. The monoisotopic (exact) mass is 346 g/mol. The minimum atomic E-state index is -0.949. The minimum Gasteiger partial charge on any atom is -0.449 e. The molecule has 0 aromatic heterocycles. The van der Waals surface area contributed by atoms with E-state index in [4.69, 9.17) is 22.1 Å². The van der Waals surface area contributed by atoms with Crippen LogP contribution in [0.5, 0.6) is 0 Å². The highest BCUT2D eigenvalue weighted by atomic mass is 35.5. The fourth-order valence-electron chi connectivity index (χ4n) is 2.14. The maximum Gasteiger partial charge on any atom is 0.338 e. The Morgan fingerprint density at radius 1 is 1.17 bits per heavy atom. The van der Waals surface area contributed by atoms with Crippen LogP contribution < -0.4 is 11.1 Å². The number of hydrogen-bond acceptors (Lipinski definition) is 4. The molecule has 0 aliphatic heterocycles. The van der Waals surface area contributed by atoms with Gasteiger partial charge in [0, 0.05) is 5.69 Å². The third-order valence-electron chi connectivity index (χ3n) is 3.52. The van der Waals surface area contributed by atoms with Gasteiger partial charge in [-0.3, -0.25) is 4.79 Å². The lowest BCUT2D eigenvalue weighted by Gasteiger charge is -2.15. The molecule has 126 valence electrons. The molecular formula is C18H19ClN2O3. The lowest BCUT2D eigenvalue weighted by Crippen LogP contribution is -2.30. The van der Waals surface area contributed by atoms with Crippen LogP contribution in [-0.2, 0) is 9.53 Å². The summed E-state index contributed by atoms with van der Waals surface area (Å²) in [6.07, 6.45) is -0.949. The predicted octanol–water partition coefficient (Wildman–Crippen LogP) is 3.72. The maximum atomic E-state index is 12.2. The van der Waals surface area contributed by atoms with Gasteiger partial charge in [0.05, 0.1) is 16.3 Å². The summed E-state index contributed by atoms with van der Waals surface area (Å²) in [6, 6.07) is 10.1. The van der Waals surface area contributed by atoms with Crippen molar-refractivity contribution in [2.75, 3.05) is 11.1 Å². The molecule has 1 unspecified atom stereocenters. The van der Waals surface area contributed by atoms with Gasteiger partial charge in [0.15, 0.2) is 6.10 Å². The molecule has 2 aromatic carbocycles. The lowest BCUT2D eigenvalue weighted by atomic mass is 10.1. The van der Waals surface area contributed by atoms with E-state index in [1.807, 2.05) is 32.0 Å². The Labute approximate surface area is 145 Å². The highest BCUT2D eigenvalue weighted by Crippen LogP contribution is 2.20. The molecule has 1 amide bonds. The molecule has 0 fully saturated rings. The molecule has 0 saturated carbocycles. The second-order valence-corrected chi connectivity index (χ2v) is 6.00. The van der Waals surface area contributed by atoms with Crippen LogP contribution in [0.4, 0.5) is 11.4 Å². The summed E-state index contributed by atoms with van der Waals surface area (Å²) in [5.41, 5.74) is 8.90. The Hall–Kier alpha value is -2.53. The molecule has 24 heavy (non-hydrogen) atoms. The van der Waals surface area contributed by atoms with E-state index in [2.05, 4.69) is 5.32 Å². The van der Waals surface area contributed by atoms with Gasteiger partial charge in [-0.05, 0) is 50.6 Å². The van der Waals surface area contributed by atoms with Gasteiger partial charge >= 0.3 is 5.97 Å². The maximum absolute atomic E-state index is 12.2. The number of carbonyl (C=O) groups excluding carboxylic acids is 2. The van der Waals surface area contributed by atoms with Crippen molar-refractivity contribution < 1.29 is 14.3 Å². The van der Waals surface area contributed by atoms with Gasteiger partial charge in [0.25, 0.3) is 5.91 Å². The minimum absolute atomic E-state index is 0.239. The number of nitrogens with two attached hydrogens (primary N) is 1. The molecule has 0 radical (unpaired) electrons. The van der Waals surface area contributed by atoms with Crippen LogP contribution in [0.1, 0.15) is 28.4 Å². The second-order valence-electron chi connectivity index (χ2n) is 5.59. The van der Waals surface area contributed by atoms with Crippen molar-refractivity contribution in [3.63, 3.8) is 0 Å². The van der Waals surface area contributed by atoms with E-state index in [1.54, 1.807) is 0 Å². The predicted molar refractivity (Wildman–Crippen MR) is 95.3 cm³/mol. The zero-order valence-corrected chi connectivity index (χ0v) is 14.5. The van der Waals surface area contributed by atoms with Crippen LogP contribution >= 0.6 is 11.6 Å². The van der Waals surface area contributed by atoms with Gasteiger partial charge in [-0.25, -0.2) is 4.79 Å². The van der Waals surface area contributed by atoms with E-state index in [1.165, 1.54) is 25.1 Å². The van der Waals surface area contributed by atoms with Crippen LogP contribution in [0.25, 0.3) is 0 Å². The van der Waals surface area contributed by atoms with E-state index in [9.17, 15) is 9.59 Å². The van der Waals surface area contributed by atoms with Gasteiger partial charge in [0.2, 0.25) is 0 Å². The molecule has 2 aromatic rings. The third-order valence-corrected chi connectivity index (χ3v) is 3.87. The standard InChI is InChI=1S/C18H19ClN2O3/c1-10-4-7-16(11(2)8-10)21-17(22)12(3)24-18(23)13-5-6-14(19)15(20)9-13/h4-9,12H,20H2,1-3H3,(H,21,22). The Bertz CT molecular complexity index is 790. The number of aryl methyl sites for hydroxylation is 2. The van der Waals surface area contributed by atoms with E-state index >= 15 is 0 Å². The summed E-state index contributed by atoms with van der Waals surface area (Å²) < 4.78 is 5.18. The van der Waals surface area contributed by atoms with Crippen molar-refractivity contribution in [2.45, 2.75) is 26.9 Å². The van der Waals surface area contributed by atoms with Gasteiger partial charge in [0.1, 0.15) is 0 Å². The van der Waals surface area contributed by atoms with Gasteiger partial charge in [-0.2, -0.15) is 0 Å². The number of anilines is 2. The molecule has 0 spiro atoms. The molecule has 1 atom stereocenters. The fraction of sp³-hybridized carbons (Fsp3) is 0.222. The van der Waals surface area contributed by atoms with Crippen LogP contribution in [0.3, 0.4) is 0 Å². The fourth-order valence-corrected chi connectivity index (χ4v) is 2.26. The number of hydrogen-bond donors (Lipinski definition) is 2. The first kappa shape index (κ1) is 17.8. The summed E-state index contributed by atoms with van der Waals surface area (Å²) >= 11 is 5.82. The van der Waals surface area contributed by atoms with Crippen molar-refractivity contribution in [3.8, 4) is 0 Å². The molecule has 6 heteroatoms. The second kappa shape index (κ2) is 7.36. The van der Waals surface area contributed by atoms with Crippen molar-refractivity contribution in [1.82, 2.24) is 0 Å². The van der Waals surface area contributed by atoms with Crippen molar-refractivity contribution in [1.29, 1.82) is 0 Å². The molecule has 5 nitrogen and oxygen atoms in total. The van der Waals surface area contributed by atoms with E-state index in [0.717, 1.165) is 11.1 Å². The Morgan fingerprint density at radius 2 is 1.88 bits per heavy atom. The summed E-state index contributed by atoms with van der Waals surface area (Å²) in [7, 11) is 0. The van der Waals surface area contributed by atoms with Gasteiger partial charge < -0.3 is 15.8 Å². The Kier molecular flexibility index (Phi) is 5.46. The largest absolute Gasteiger partial charge is 0.449 e. The smallest absolute Gasteiger partial charge is 0.338 e. The molecule has 0 aliphatic carbocycles. The number of esters is 1. The van der Waals surface area contributed by atoms with Crippen LogP contribution in [0.2, 0.25) is 5.02 Å². The molecule has 0 heterocycles. The van der Waals surface area contributed by atoms with Crippen LogP contribution in [-0.4, -0.2) is 18.0 Å². The average Bonchev–Trinajstić information content (AvgIpc) is 2.52. The number of carbonyl (C=O) groups is 2. The Balaban J connectivity index is 2.02. The summed E-state index contributed by atoms with van der Waals surface area (Å²) in [4.78, 5) is 24.3. The molecule has 0 saturated heterocycles. The van der Waals surface area contributed by atoms with Crippen LogP contribution in [0, 0.1) is 13.8 Å². The first-order chi connectivity index (χ1) is 11.3. The van der Waals surface area contributed by atoms with Gasteiger partial charge in [-0.15, -0.1) is 0 Å². The summed E-state index contributed by atoms with van der Waals surface area (Å²) in [6.45, 7) is 5.38. The number of halogens is 1. The van der Waals surface area contributed by atoms with E-state index < -0.39 is 18.0 Å². The zero-order chi connectivity index (χ0) is 17.9. The number of rotatable bonds is 4. The molecule has 3 N–H and O–H groups in total. The Morgan fingerprint density at radius 3 is 2.50 bits per heavy atom. The molecule has 0 bridgehead atoms. The first-order valence-electron chi connectivity index (χ1n) is 7.42. The number of ether oxygens (including phenoxy) is 1.